The van der Waals surface area contributed by atoms with Gasteiger partial charge in [0.15, 0.2) is 0 Å². The van der Waals surface area contributed by atoms with E-state index in [4.69, 9.17) is 5.26 Å². The molecule has 15 heavy (non-hydrogen) atoms. The second-order valence-corrected chi connectivity index (χ2v) is 3.36. The fourth-order valence-corrected chi connectivity index (χ4v) is 1.43. The van der Waals surface area contributed by atoms with Crippen LogP contribution in [-0.2, 0) is 0 Å². The summed E-state index contributed by atoms with van der Waals surface area (Å²) in [7, 11) is 0. The highest BCUT2D eigenvalue weighted by Crippen LogP contribution is 2.31. The summed E-state index contributed by atoms with van der Waals surface area (Å²) in [6.45, 7) is 1.70. The molecule has 0 spiro atoms. The molecular weight excluding hydrogens is 203 g/mol. The number of benzene rings is 1. The van der Waals surface area contributed by atoms with Crippen LogP contribution < -0.4 is 0 Å². The normalized spacial score (nSPS) is 13.3. The molecule has 0 saturated carbocycles. The maximum absolute atomic E-state index is 12.2. The van der Waals surface area contributed by atoms with Gasteiger partial charge in [-0.1, -0.05) is 24.3 Å². The van der Waals surface area contributed by atoms with Gasteiger partial charge in [0.1, 0.15) is 0 Å². The second-order valence-electron chi connectivity index (χ2n) is 3.36. The molecule has 4 heteroatoms. The molecule has 0 fully saturated rings. The van der Waals surface area contributed by atoms with Crippen LogP contribution in [-0.4, -0.2) is 6.18 Å². The summed E-state index contributed by atoms with van der Waals surface area (Å²) in [5, 5.41) is 8.72. The fraction of sp³-hybridized carbons (Fsp3) is 0.364. The Bertz CT molecular complexity index is 376. The lowest BCUT2D eigenvalue weighted by Crippen LogP contribution is -2.13. The molecule has 0 bridgehead atoms. The van der Waals surface area contributed by atoms with Gasteiger partial charge in [0, 0.05) is 0 Å². The predicted octanol–water partition coefficient (Wildman–Crippen LogP) is 3.55. The Morgan fingerprint density at radius 3 is 2.40 bits per heavy atom. The lowest BCUT2D eigenvalue weighted by Gasteiger charge is -2.14. The third-order valence-electron chi connectivity index (χ3n) is 2.16. The molecule has 1 nitrogen and oxygen atoms in total. The van der Waals surface area contributed by atoms with Gasteiger partial charge in [-0.05, 0) is 18.1 Å². The van der Waals surface area contributed by atoms with Gasteiger partial charge in [-0.2, -0.15) is 18.4 Å². The average Bonchev–Trinajstić information content (AvgIpc) is 2.14. The number of alkyl halides is 3. The summed E-state index contributed by atoms with van der Waals surface area (Å²) < 4.78 is 36.5. The lowest BCUT2D eigenvalue weighted by molar-refractivity contribution is -0.136. The van der Waals surface area contributed by atoms with Crippen molar-refractivity contribution in [2.45, 2.75) is 25.4 Å². The minimum Gasteiger partial charge on any atom is -0.198 e. The zero-order valence-corrected chi connectivity index (χ0v) is 8.17. The van der Waals surface area contributed by atoms with Gasteiger partial charge in [-0.3, -0.25) is 0 Å². The summed E-state index contributed by atoms with van der Waals surface area (Å²) in [5.41, 5.74) is 1.17. The van der Waals surface area contributed by atoms with E-state index in [2.05, 4.69) is 0 Å². The number of nitriles is 1. The highest BCUT2D eigenvalue weighted by atomic mass is 19.4. The Kier molecular flexibility index (Phi) is 3.35. The molecule has 1 rings (SSSR count). The Hall–Kier alpha value is -1.50. The third-order valence-corrected chi connectivity index (χ3v) is 2.16. The van der Waals surface area contributed by atoms with Gasteiger partial charge in [-0.15, -0.1) is 0 Å². The predicted molar refractivity (Wildman–Crippen MR) is 50.2 cm³/mol. The van der Waals surface area contributed by atoms with Crippen LogP contribution in [0.25, 0.3) is 0 Å². The molecule has 1 aromatic rings. The Balaban J connectivity index is 2.95. The van der Waals surface area contributed by atoms with E-state index in [0.717, 1.165) is 0 Å². The minimum absolute atomic E-state index is 0.456. The minimum atomic E-state index is -4.30. The molecule has 1 aromatic carbocycles. The smallest absolute Gasteiger partial charge is 0.198 e. The number of halogens is 3. The quantitative estimate of drug-likeness (QED) is 0.736. The maximum atomic E-state index is 12.2. The monoisotopic (exact) mass is 213 g/mol. The summed E-state index contributed by atoms with van der Waals surface area (Å²) in [6.07, 6.45) is -5.39. The molecule has 0 aliphatic heterocycles. The van der Waals surface area contributed by atoms with Gasteiger partial charge < -0.3 is 0 Å². The van der Waals surface area contributed by atoms with E-state index in [-0.39, 0.29) is 0 Å². The first-order valence-electron chi connectivity index (χ1n) is 4.46. The number of hydrogen-bond acceptors (Lipinski definition) is 1. The van der Waals surface area contributed by atoms with Crippen LogP contribution in [0.5, 0.6) is 0 Å². The van der Waals surface area contributed by atoms with Crippen molar-refractivity contribution in [1.82, 2.24) is 0 Å². The number of hydrogen-bond donors (Lipinski definition) is 0. The first-order chi connectivity index (χ1) is 6.94. The number of nitrogens with zero attached hydrogens (tertiary/aromatic N) is 1. The van der Waals surface area contributed by atoms with Crippen LogP contribution in [0.4, 0.5) is 13.2 Å². The van der Waals surface area contributed by atoms with Crippen molar-refractivity contribution in [3.05, 3.63) is 35.4 Å². The second kappa shape index (κ2) is 4.35. The van der Waals surface area contributed by atoms with E-state index in [1.54, 1.807) is 37.3 Å². The fourth-order valence-electron chi connectivity index (χ4n) is 1.43. The van der Waals surface area contributed by atoms with Crippen molar-refractivity contribution < 1.29 is 13.2 Å². The van der Waals surface area contributed by atoms with Crippen molar-refractivity contribution in [2.75, 3.05) is 0 Å². The Morgan fingerprint density at radius 2 is 1.93 bits per heavy atom. The van der Waals surface area contributed by atoms with Gasteiger partial charge >= 0.3 is 6.18 Å². The summed E-state index contributed by atoms with van der Waals surface area (Å²) in [5.74, 6) is -1.11. The molecule has 0 saturated heterocycles. The van der Waals surface area contributed by atoms with Gasteiger partial charge in [0.25, 0.3) is 0 Å². The van der Waals surface area contributed by atoms with E-state index in [0.29, 0.717) is 11.1 Å². The Labute approximate surface area is 86.1 Å². The van der Waals surface area contributed by atoms with Crippen molar-refractivity contribution in [3.63, 3.8) is 0 Å². The van der Waals surface area contributed by atoms with Gasteiger partial charge in [0.05, 0.1) is 18.4 Å². The van der Waals surface area contributed by atoms with E-state index in [1.165, 1.54) is 0 Å². The molecule has 0 aromatic heterocycles. The Morgan fingerprint density at radius 1 is 1.33 bits per heavy atom. The molecular formula is C11H10F3N. The van der Waals surface area contributed by atoms with Crippen LogP contribution in [0.2, 0.25) is 0 Å². The van der Waals surface area contributed by atoms with Crippen LogP contribution >= 0.6 is 0 Å². The molecule has 0 radical (unpaired) electrons. The zero-order valence-electron chi connectivity index (χ0n) is 8.17. The van der Waals surface area contributed by atoms with E-state index >= 15 is 0 Å². The van der Waals surface area contributed by atoms with Crippen molar-refractivity contribution in [2.24, 2.45) is 0 Å². The molecule has 1 atom stereocenters. The summed E-state index contributed by atoms with van der Waals surface area (Å²) in [6, 6.07) is 8.34. The van der Waals surface area contributed by atoms with Crippen molar-refractivity contribution >= 4 is 0 Å². The first kappa shape index (κ1) is 11.6. The van der Waals surface area contributed by atoms with Crippen LogP contribution in [0, 0.1) is 18.3 Å². The molecule has 0 aliphatic rings. The lowest BCUT2D eigenvalue weighted by atomic mass is 9.93. The molecule has 0 N–H and O–H groups in total. The number of rotatable bonds is 2. The van der Waals surface area contributed by atoms with Crippen LogP contribution in [0.3, 0.4) is 0 Å². The SMILES string of the molecule is Cc1ccccc1C(C#N)CC(F)(F)F. The van der Waals surface area contributed by atoms with Gasteiger partial charge in [0.2, 0.25) is 0 Å². The summed E-state index contributed by atoms with van der Waals surface area (Å²) in [4.78, 5) is 0. The van der Waals surface area contributed by atoms with Crippen molar-refractivity contribution in [1.29, 1.82) is 5.26 Å². The van der Waals surface area contributed by atoms with E-state index < -0.39 is 18.5 Å². The molecule has 80 valence electrons. The molecule has 0 amide bonds. The largest absolute Gasteiger partial charge is 0.390 e. The first-order valence-corrected chi connectivity index (χ1v) is 4.46. The van der Waals surface area contributed by atoms with Gasteiger partial charge in [-0.25, -0.2) is 0 Å². The van der Waals surface area contributed by atoms with E-state index in [9.17, 15) is 13.2 Å². The molecule has 1 unspecified atom stereocenters. The van der Waals surface area contributed by atoms with Crippen LogP contribution in [0.15, 0.2) is 24.3 Å². The van der Waals surface area contributed by atoms with E-state index in [1.807, 2.05) is 0 Å². The average molecular weight is 213 g/mol. The number of aryl methyl sites for hydroxylation is 1. The third kappa shape index (κ3) is 3.28. The van der Waals surface area contributed by atoms with Crippen LogP contribution in [0.1, 0.15) is 23.5 Å². The zero-order chi connectivity index (χ0) is 11.5. The topological polar surface area (TPSA) is 23.8 Å². The highest BCUT2D eigenvalue weighted by Gasteiger charge is 2.33. The van der Waals surface area contributed by atoms with Crippen molar-refractivity contribution in [3.8, 4) is 6.07 Å². The highest BCUT2D eigenvalue weighted by molar-refractivity contribution is 5.32. The molecule has 0 heterocycles. The standard InChI is InChI=1S/C11H10F3N/c1-8-4-2-3-5-10(8)9(7-15)6-11(12,13)14/h2-5,9H,6H2,1H3. The maximum Gasteiger partial charge on any atom is 0.390 e. The molecule has 0 aliphatic carbocycles. The summed E-state index contributed by atoms with van der Waals surface area (Å²) >= 11 is 0.